The number of fused-ring (bicyclic) bond motifs is 1. The topological polar surface area (TPSA) is 157 Å². The van der Waals surface area contributed by atoms with Gasteiger partial charge in [-0.1, -0.05) is 64.2 Å². The van der Waals surface area contributed by atoms with Crippen molar-refractivity contribution in [2.45, 2.75) is 58.9 Å². The van der Waals surface area contributed by atoms with E-state index in [1.54, 1.807) is 6.20 Å². The molecule has 1 atom stereocenters. The second-order valence-corrected chi connectivity index (χ2v) is 10.0. The van der Waals surface area contributed by atoms with Gasteiger partial charge in [-0.15, -0.1) is 0 Å². The van der Waals surface area contributed by atoms with Crippen LogP contribution < -0.4 is 5.73 Å². The maximum absolute atomic E-state index is 13.6. The Morgan fingerprint density at radius 2 is 1.59 bits per heavy atom. The molecule has 1 aromatic carbocycles. The lowest BCUT2D eigenvalue weighted by Crippen LogP contribution is -2.50. The van der Waals surface area contributed by atoms with E-state index < -0.39 is 43.3 Å². The van der Waals surface area contributed by atoms with Crippen molar-refractivity contribution in [1.29, 1.82) is 0 Å². The zero-order valence-corrected chi connectivity index (χ0v) is 23.1. The van der Waals surface area contributed by atoms with Crippen molar-refractivity contribution in [1.82, 2.24) is 19.7 Å². The Bertz CT molecular complexity index is 1150. The first-order chi connectivity index (χ1) is 18.5. The first-order valence-electron chi connectivity index (χ1n) is 13.4. The van der Waals surface area contributed by atoms with E-state index in [2.05, 4.69) is 11.9 Å². The van der Waals surface area contributed by atoms with Gasteiger partial charge in [-0.3, -0.25) is 24.0 Å². The normalized spacial score (nSPS) is 11.7. The van der Waals surface area contributed by atoms with E-state index in [4.69, 9.17) is 10.8 Å². The summed E-state index contributed by atoms with van der Waals surface area (Å²) in [7, 11) is 1.29. The molecule has 1 aromatic heterocycles. The molecule has 1 unspecified atom stereocenters. The summed E-state index contributed by atoms with van der Waals surface area (Å²) < 4.78 is 0. The monoisotopic (exact) mass is 543 g/mol. The van der Waals surface area contributed by atoms with E-state index >= 15 is 0 Å². The van der Waals surface area contributed by atoms with Crippen LogP contribution in [0.2, 0.25) is 0 Å². The van der Waals surface area contributed by atoms with Crippen LogP contribution in [-0.4, -0.2) is 87.6 Å². The minimum atomic E-state index is -1.21. The van der Waals surface area contributed by atoms with Gasteiger partial charge in [-0.25, -0.2) is 0 Å². The zero-order chi connectivity index (χ0) is 28.9. The smallest absolute Gasteiger partial charge is 0.323 e. The number of aromatic amines is 1. The molecule has 0 radical (unpaired) electrons. The lowest BCUT2D eigenvalue weighted by Gasteiger charge is -2.29. The van der Waals surface area contributed by atoms with Crippen LogP contribution in [0.25, 0.3) is 10.9 Å². The third-order valence-electron chi connectivity index (χ3n) is 6.66. The number of likely N-dealkylation sites (N-methyl/N-ethyl adjacent to an activating group) is 1. The summed E-state index contributed by atoms with van der Waals surface area (Å²) in [6.07, 6.45) is 7.82. The largest absolute Gasteiger partial charge is 0.480 e. The van der Waals surface area contributed by atoms with Crippen LogP contribution >= 0.6 is 0 Å². The van der Waals surface area contributed by atoms with Gasteiger partial charge in [0.25, 0.3) is 0 Å². The fourth-order valence-electron chi connectivity index (χ4n) is 4.43. The highest BCUT2D eigenvalue weighted by molar-refractivity contribution is 5.92. The van der Waals surface area contributed by atoms with E-state index in [1.807, 2.05) is 31.2 Å². The number of hydrogen-bond donors (Lipinski definition) is 3. The molecule has 4 N–H and O–H groups in total. The van der Waals surface area contributed by atoms with Gasteiger partial charge in [0.15, 0.2) is 0 Å². The molecule has 0 fully saturated rings. The van der Waals surface area contributed by atoms with Crippen molar-refractivity contribution in [2.75, 3.05) is 33.2 Å². The molecule has 214 valence electrons. The number of carbonyl (C=O) groups is 5. The SMILES string of the molecule is CCCCCCCC(C)C(=O)N(CC(=O)N(CC(N)=O)CC(=O)N(C)CC(=O)O)Cc1c[nH]c2ccccc12. The summed E-state index contributed by atoms with van der Waals surface area (Å²) in [4.78, 5) is 68.7. The molecule has 11 nitrogen and oxygen atoms in total. The van der Waals surface area contributed by atoms with Gasteiger partial charge >= 0.3 is 5.97 Å². The number of aromatic nitrogens is 1. The highest BCUT2D eigenvalue weighted by Crippen LogP contribution is 2.22. The Morgan fingerprint density at radius 1 is 0.923 bits per heavy atom. The molecule has 0 aliphatic rings. The van der Waals surface area contributed by atoms with Crippen LogP contribution in [0, 0.1) is 5.92 Å². The van der Waals surface area contributed by atoms with Gasteiger partial charge in [-0.2, -0.15) is 0 Å². The van der Waals surface area contributed by atoms with Crippen LogP contribution in [0.4, 0.5) is 0 Å². The maximum Gasteiger partial charge on any atom is 0.323 e. The standard InChI is InChI=1S/C28H41N5O6/c1-4-5-6-7-8-11-20(2)28(39)33(15-21-14-30-23-13-10-9-12-22(21)23)18-26(36)32(16-24(29)34)17-25(35)31(3)19-27(37)38/h9-10,12-14,20,30H,4-8,11,15-19H2,1-3H3,(H2,29,34)(H,37,38). The molecule has 2 aromatic rings. The Morgan fingerprint density at radius 3 is 2.26 bits per heavy atom. The van der Waals surface area contributed by atoms with Crippen LogP contribution in [0.3, 0.4) is 0 Å². The molecular weight excluding hydrogens is 502 g/mol. The molecule has 0 saturated carbocycles. The third kappa shape index (κ3) is 10.1. The van der Waals surface area contributed by atoms with Crippen LogP contribution in [0.5, 0.6) is 0 Å². The van der Waals surface area contributed by atoms with Crippen LogP contribution in [-0.2, 0) is 30.5 Å². The van der Waals surface area contributed by atoms with Gasteiger partial charge in [-0.05, 0) is 18.1 Å². The number of benzene rings is 1. The third-order valence-corrected chi connectivity index (χ3v) is 6.66. The average Bonchev–Trinajstić information content (AvgIpc) is 3.29. The molecule has 4 amide bonds. The fraction of sp³-hybridized carbons (Fsp3) is 0.536. The van der Waals surface area contributed by atoms with Crippen molar-refractivity contribution in [3.05, 3.63) is 36.0 Å². The minimum Gasteiger partial charge on any atom is -0.480 e. The number of hydrogen-bond acceptors (Lipinski definition) is 5. The summed E-state index contributed by atoms with van der Waals surface area (Å²) in [6, 6.07) is 7.64. The summed E-state index contributed by atoms with van der Waals surface area (Å²) >= 11 is 0. The van der Waals surface area contributed by atoms with E-state index in [0.717, 1.165) is 58.4 Å². The van der Waals surface area contributed by atoms with Crippen molar-refractivity contribution < 1.29 is 29.1 Å². The number of nitrogens with zero attached hydrogens (tertiary/aromatic N) is 3. The zero-order valence-electron chi connectivity index (χ0n) is 23.1. The predicted octanol–water partition coefficient (Wildman–Crippen LogP) is 2.35. The Balaban J connectivity index is 2.23. The molecule has 0 bridgehead atoms. The lowest BCUT2D eigenvalue weighted by molar-refractivity contribution is -0.148. The van der Waals surface area contributed by atoms with E-state index in [0.29, 0.717) is 6.42 Å². The first kappa shape index (κ1) is 31.3. The number of carboxylic acids is 1. The van der Waals surface area contributed by atoms with E-state index in [-0.39, 0.29) is 24.9 Å². The highest BCUT2D eigenvalue weighted by Gasteiger charge is 2.28. The Hall–Kier alpha value is -3.89. The molecule has 0 spiro atoms. The number of aliphatic carboxylic acids is 1. The average molecular weight is 544 g/mol. The number of nitrogens with one attached hydrogen (secondary N) is 1. The van der Waals surface area contributed by atoms with E-state index in [9.17, 15) is 24.0 Å². The second-order valence-electron chi connectivity index (χ2n) is 10.0. The summed E-state index contributed by atoms with van der Waals surface area (Å²) in [5, 5.41) is 9.89. The molecule has 39 heavy (non-hydrogen) atoms. The van der Waals surface area contributed by atoms with Crippen molar-refractivity contribution in [2.24, 2.45) is 11.7 Å². The van der Waals surface area contributed by atoms with Gasteiger partial charge in [0.2, 0.25) is 23.6 Å². The van der Waals surface area contributed by atoms with Crippen molar-refractivity contribution in [3.63, 3.8) is 0 Å². The number of carboxylic acid groups (broad SMARTS) is 1. The molecule has 0 saturated heterocycles. The van der Waals surface area contributed by atoms with Gasteiger partial charge in [0.05, 0.1) is 6.54 Å². The number of nitrogens with two attached hydrogens (primary N) is 1. The molecule has 0 aliphatic heterocycles. The van der Waals surface area contributed by atoms with Crippen LogP contribution in [0.1, 0.15) is 57.9 Å². The van der Waals surface area contributed by atoms with Crippen molar-refractivity contribution in [3.8, 4) is 0 Å². The van der Waals surface area contributed by atoms with Crippen molar-refractivity contribution >= 4 is 40.5 Å². The first-order valence-corrected chi connectivity index (χ1v) is 13.4. The number of H-pyrrole nitrogens is 1. The highest BCUT2D eigenvalue weighted by atomic mass is 16.4. The number of para-hydroxylation sites is 1. The number of primary amides is 1. The number of unbranched alkanes of at least 4 members (excludes halogenated alkanes) is 4. The number of carbonyl (C=O) groups excluding carboxylic acids is 4. The summed E-state index contributed by atoms with van der Waals surface area (Å²) in [6.45, 7) is 2.17. The summed E-state index contributed by atoms with van der Waals surface area (Å²) in [5.41, 5.74) is 7.06. The lowest BCUT2D eigenvalue weighted by atomic mass is 10.0. The van der Waals surface area contributed by atoms with Gasteiger partial charge in [0, 0.05) is 36.6 Å². The summed E-state index contributed by atoms with van der Waals surface area (Å²) in [5.74, 6) is -3.85. The predicted molar refractivity (Wildman–Crippen MR) is 147 cm³/mol. The van der Waals surface area contributed by atoms with Gasteiger partial charge < -0.3 is 30.5 Å². The maximum atomic E-state index is 13.6. The molecule has 1 heterocycles. The molecule has 2 rings (SSSR count). The molecule has 11 heteroatoms. The number of amides is 4. The fourth-order valence-corrected chi connectivity index (χ4v) is 4.43. The molecular formula is C28H41N5O6. The van der Waals surface area contributed by atoms with Gasteiger partial charge in [0.1, 0.15) is 19.6 Å². The Labute approximate surface area is 229 Å². The van der Waals surface area contributed by atoms with E-state index in [1.165, 1.54) is 11.9 Å². The quantitative estimate of drug-likeness (QED) is 0.260. The molecule has 0 aliphatic carbocycles. The van der Waals surface area contributed by atoms with Crippen LogP contribution in [0.15, 0.2) is 30.5 Å². The minimum absolute atomic E-state index is 0.159. The number of rotatable bonds is 17. The second kappa shape index (κ2) is 15.5. The Kier molecular flexibility index (Phi) is 12.5.